The third-order valence-electron chi connectivity index (χ3n) is 3.72. The van der Waals surface area contributed by atoms with Crippen molar-refractivity contribution in [2.24, 2.45) is 0 Å². The van der Waals surface area contributed by atoms with Gasteiger partial charge < -0.3 is 16.4 Å². The van der Waals surface area contributed by atoms with E-state index >= 15 is 0 Å². The molecule has 1 unspecified atom stereocenters. The molecular weight excluding hydrogens is 248 g/mol. The minimum Gasteiger partial charge on any atom is -0.383 e. The summed E-state index contributed by atoms with van der Waals surface area (Å²) in [7, 11) is 0. The molecule has 1 spiro atoms. The Morgan fingerprint density at radius 3 is 2.94 bits per heavy atom. The van der Waals surface area contributed by atoms with E-state index < -0.39 is 0 Å². The highest BCUT2D eigenvalue weighted by Crippen LogP contribution is 2.35. The van der Waals surface area contributed by atoms with Crippen molar-refractivity contribution < 1.29 is 4.79 Å². The van der Waals surface area contributed by atoms with E-state index in [-0.39, 0.29) is 17.5 Å². The van der Waals surface area contributed by atoms with E-state index in [4.69, 9.17) is 5.73 Å². The molecule has 1 aliphatic carbocycles. The van der Waals surface area contributed by atoms with Crippen molar-refractivity contribution in [2.45, 2.75) is 37.3 Å². The maximum atomic E-state index is 12.1. The summed E-state index contributed by atoms with van der Waals surface area (Å²) in [5.74, 6) is 0.627. The second kappa shape index (κ2) is 3.98. The van der Waals surface area contributed by atoms with Gasteiger partial charge in [-0.05, 0) is 19.3 Å². The van der Waals surface area contributed by atoms with Gasteiger partial charge >= 0.3 is 0 Å². The van der Waals surface area contributed by atoms with Crippen LogP contribution in [0.5, 0.6) is 0 Å². The van der Waals surface area contributed by atoms with Crippen LogP contribution in [-0.4, -0.2) is 22.5 Å². The fourth-order valence-corrected chi connectivity index (χ4v) is 3.22. The van der Waals surface area contributed by atoms with Gasteiger partial charge in [0.15, 0.2) is 0 Å². The number of nitrogen functional groups attached to an aromatic ring is 1. The number of nitrogens with two attached hydrogens (primary N) is 1. The van der Waals surface area contributed by atoms with Crippen LogP contribution >= 0.6 is 11.3 Å². The molecule has 18 heavy (non-hydrogen) atoms. The van der Waals surface area contributed by atoms with E-state index in [0.29, 0.717) is 12.2 Å². The van der Waals surface area contributed by atoms with Crippen molar-refractivity contribution in [3.05, 3.63) is 22.7 Å². The summed E-state index contributed by atoms with van der Waals surface area (Å²) in [6, 6.07) is -0.0886. The van der Waals surface area contributed by atoms with E-state index in [1.54, 1.807) is 0 Å². The summed E-state index contributed by atoms with van der Waals surface area (Å²) in [4.78, 5) is 16.3. The van der Waals surface area contributed by atoms with Gasteiger partial charge in [-0.15, -0.1) is 11.3 Å². The Bertz CT molecular complexity index is 506. The molecule has 5 nitrogen and oxygen atoms in total. The van der Waals surface area contributed by atoms with E-state index in [1.165, 1.54) is 11.3 Å². The lowest BCUT2D eigenvalue weighted by molar-refractivity contribution is -0.133. The van der Waals surface area contributed by atoms with Crippen molar-refractivity contribution in [1.82, 2.24) is 15.6 Å². The highest BCUT2D eigenvalue weighted by atomic mass is 32.1. The number of amides is 1. The van der Waals surface area contributed by atoms with Gasteiger partial charge in [-0.2, -0.15) is 0 Å². The average Bonchev–Trinajstić information content (AvgIpc) is 2.66. The highest BCUT2D eigenvalue weighted by molar-refractivity contribution is 7.10. The number of hydrogen-bond donors (Lipinski definition) is 3. The van der Waals surface area contributed by atoms with Crippen LogP contribution in [0.1, 0.15) is 24.3 Å². The summed E-state index contributed by atoms with van der Waals surface area (Å²) in [6.07, 6.45) is 3.54. The normalized spacial score (nSPS) is 25.4. The minimum atomic E-state index is -0.379. The lowest BCUT2D eigenvalue weighted by atomic mass is 9.74. The van der Waals surface area contributed by atoms with Gasteiger partial charge in [-0.3, -0.25) is 4.79 Å². The Kier molecular flexibility index (Phi) is 2.55. The first-order valence-corrected chi connectivity index (χ1v) is 6.95. The predicted molar refractivity (Wildman–Crippen MR) is 71.0 cm³/mol. The van der Waals surface area contributed by atoms with Gasteiger partial charge in [0, 0.05) is 17.5 Å². The third-order valence-corrected chi connectivity index (χ3v) is 4.61. The maximum absolute atomic E-state index is 12.1. The number of piperazine rings is 1. The summed E-state index contributed by atoms with van der Waals surface area (Å²) >= 11 is 1.51. The number of carbonyl (C=O) groups is 1. The van der Waals surface area contributed by atoms with Crippen LogP contribution in [0.4, 0.5) is 5.82 Å². The summed E-state index contributed by atoms with van der Waals surface area (Å²) < 4.78 is 0. The third kappa shape index (κ3) is 1.77. The van der Waals surface area contributed by atoms with Gasteiger partial charge in [0.25, 0.3) is 0 Å². The predicted octanol–water partition coefficient (Wildman–Crippen LogP) is 0.792. The topological polar surface area (TPSA) is 80.0 Å². The van der Waals surface area contributed by atoms with E-state index in [9.17, 15) is 4.79 Å². The van der Waals surface area contributed by atoms with Gasteiger partial charge in [0.2, 0.25) is 5.91 Å². The summed E-state index contributed by atoms with van der Waals surface area (Å²) in [5.41, 5.74) is 6.09. The second-order valence-electron chi connectivity index (χ2n) is 4.98. The monoisotopic (exact) mass is 264 g/mol. The zero-order valence-corrected chi connectivity index (χ0v) is 10.8. The molecule has 96 valence electrons. The van der Waals surface area contributed by atoms with Crippen molar-refractivity contribution in [3.8, 4) is 0 Å². The fourth-order valence-electron chi connectivity index (χ4n) is 2.48. The smallest absolute Gasteiger partial charge is 0.246 e. The Balaban J connectivity index is 1.71. The van der Waals surface area contributed by atoms with Crippen LogP contribution in [0.2, 0.25) is 0 Å². The average molecular weight is 264 g/mol. The molecule has 1 saturated carbocycles. The number of anilines is 1. The molecule has 1 aliphatic heterocycles. The number of aromatic nitrogens is 1. The molecule has 0 radical (unpaired) electrons. The molecule has 0 bridgehead atoms. The molecule has 1 amide bonds. The number of nitrogens with zero attached hydrogens (tertiary/aromatic N) is 1. The van der Waals surface area contributed by atoms with Crippen LogP contribution in [0.25, 0.3) is 0 Å². The molecule has 1 aromatic rings. The quantitative estimate of drug-likeness (QED) is 0.738. The van der Waals surface area contributed by atoms with Gasteiger partial charge in [-0.1, -0.05) is 6.58 Å². The minimum absolute atomic E-state index is 0.0886. The zero-order valence-electron chi connectivity index (χ0n) is 10.0. The fraction of sp³-hybridized carbons (Fsp3) is 0.500. The van der Waals surface area contributed by atoms with Crippen LogP contribution < -0.4 is 16.4 Å². The van der Waals surface area contributed by atoms with Gasteiger partial charge in [-0.25, -0.2) is 4.98 Å². The molecule has 1 saturated heterocycles. The first-order valence-electron chi connectivity index (χ1n) is 6.07. The molecule has 4 N–H and O–H groups in total. The van der Waals surface area contributed by atoms with Crippen LogP contribution in [-0.2, 0) is 11.2 Å². The largest absolute Gasteiger partial charge is 0.383 e. The summed E-state index contributed by atoms with van der Waals surface area (Å²) in [6.45, 7) is 4.03. The molecule has 2 aliphatic rings. The lowest BCUT2D eigenvalue weighted by Crippen LogP contribution is -2.68. The Morgan fingerprint density at radius 1 is 1.61 bits per heavy atom. The highest BCUT2D eigenvalue weighted by Gasteiger charge is 2.48. The van der Waals surface area contributed by atoms with Crippen molar-refractivity contribution in [2.75, 3.05) is 5.73 Å². The molecular formula is C12H16N4OS. The first-order chi connectivity index (χ1) is 8.59. The molecule has 3 rings (SSSR count). The first kappa shape index (κ1) is 11.5. The summed E-state index contributed by atoms with van der Waals surface area (Å²) in [5, 5.41) is 9.07. The van der Waals surface area contributed by atoms with Crippen LogP contribution in [0, 0.1) is 0 Å². The van der Waals surface area contributed by atoms with Crippen molar-refractivity contribution in [3.63, 3.8) is 0 Å². The molecule has 0 aromatic carbocycles. The van der Waals surface area contributed by atoms with Gasteiger partial charge in [0.05, 0.1) is 11.0 Å². The van der Waals surface area contributed by atoms with E-state index in [1.807, 2.05) is 5.38 Å². The molecule has 1 aromatic heterocycles. The zero-order chi connectivity index (χ0) is 12.8. The van der Waals surface area contributed by atoms with Gasteiger partial charge in [0.1, 0.15) is 11.4 Å². The Hall–Kier alpha value is -1.56. The van der Waals surface area contributed by atoms with Crippen LogP contribution in [0.15, 0.2) is 17.7 Å². The number of thiazole rings is 1. The maximum Gasteiger partial charge on any atom is 0.246 e. The van der Waals surface area contributed by atoms with Crippen molar-refractivity contribution >= 4 is 23.1 Å². The Labute approximate surface area is 109 Å². The standard InChI is InChI=1S/C12H16N4OS/c1-7-8(5-10-15-9(13)6-18-10)14-11(17)12(16-7)3-2-4-12/h6,8,16H,1-5,13H2,(H,14,17). The SMILES string of the molecule is C=C1NC2(CCC2)C(=O)NC1Cc1nc(N)cs1. The van der Waals surface area contributed by atoms with E-state index in [2.05, 4.69) is 22.2 Å². The lowest BCUT2D eigenvalue weighted by Gasteiger charge is -2.47. The Morgan fingerprint density at radius 2 is 2.39 bits per heavy atom. The molecule has 1 atom stereocenters. The van der Waals surface area contributed by atoms with E-state index in [0.717, 1.165) is 30.0 Å². The number of nitrogens with one attached hydrogen (secondary N) is 2. The van der Waals surface area contributed by atoms with Crippen LogP contribution in [0.3, 0.4) is 0 Å². The molecule has 6 heteroatoms. The number of hydrogen-bond acceptors (Lipinski definition) is 5. The van der Waals surface area contributed by atoms with Crippen molar-refractivity contribution in [1.29, 1.82) is 0 Å². The number of carbonyl (C=O) groups excluding carboxylic acids is 1. The molecule has 2 fully saturated rings. The second-order valence-corrected chi connectivity index (χ2v) is 5.92. The number of rotatable bonds is 2. The molecule has 2 heterocycles.